The summed E-state index contributed by atoms with van der Waals surface area (Å²) in [5, 5.41) is 0.233. The molecule has 0 unspecified atom stereocenters. The highest BCUT2D eigenvalue weighted by Gasteiger charge is 2.31. The van der Waals surface area contributed by atoms with Gasteiger partial charge in [0.25, 0.3) is 10.0 Å². The van der Waals surface area contributed by atoms with E-state index in [1.165, 1.54) is 22.6 Å². The average molecular weight is 484 g/mol. The van der Waals surface area contributed by atoms with Crippen LogP contribution in [0.1, 0.15) is 16.7 Å². The molecule has 170 valence electrons. The monoisotopic (exact) mass is 483 g/mol. The molecule has 4 aromatic rings. The molecule has 0 radical (unpaired) electrons. The first kappa shape index (κ1) is 21.7. The second kappa shape index (κ2) is 8.69. The summed E-state index contributed by atoms with van der Waals surface area (Å²) in [4.78, 5) is 8.24. The molecule has 1 aliphatic heterocycles. The Morgan fingerprint density at radius 1 is 1.12 bits per heavy atom. The summed E-state index contributed by atoms with van der Waals surface area (Å²) in [6, 6.07) is 12.5. The van der Waals surface area contributed by atoms with E-state index >= 15 is 0 Å². The highest BCUT2D eigenvalue weighted by Crippen LogP contribution is 2.34. The Labute approximate surface area is 195 Å². The first-order chi connectivity index (χ1) is 15.9. The Morgan fingerprint density at radius 3 is 2.70 bits per heavy atom. The Hall–Kier alpha value is -3.08. The average Bonchev–Trinajstić information content (AvgIpc) is 3.47. The molecule has 0 saturated carbocycles. The van der Waals surface area contributed by atoms with E-state index in [2.05, 4.69) is 14.5 Å². The van der Waals surface area contributed by atoms with Crippen molar-refractivity contribution >= 4 is 26.5 Å². The van der Waals surface area contributed by atoms with E-state index in [9.17, 15) is 12.8 Å². The quantitative estimate of drug-likeness (QED) is 0.451. The molecule has 33 heavy (non-hydrogen) atoms. The molecule has 0 aliphatic carbocycles. The molecule has 2 aromatic heterocycles. The molecule has 2 aromatic carbocycles. The van der Waals surface area contributed by atoms with Crippen LogP contribution in [0.15, 0.2) is 65.4 Å². The van der Waals surface area contributed by atoms with E-state index in [1.807, 2.05) is 18.2 Å². The molecule has 0 saturated heterocycles. The zero-order chi connectivity index (χ0) is 23.0. The molecular weight excluding hydrogens is 461 g/mol. The van der Waals surface area contributed by atoms with Gasteiger partial charge in [-0.3, -0.25) is 0 Å². The number of sulfonamides is 1. The summed E-state index contributed by atoms with van der Waals surface area (Å²) in [5.74, 6) is -0.251. The SMILES string of the molecule is Nc1ncc(S(=O)(=O)N2CCc3cccc(-c4cncn4CCc4ccc(F)cc4)c3C2)s1. The van der Waals surface area contributed by atoms with Crippen molar-refractivity contribution in [2.24, 2.45) is 0 Å². The standard InChI is InChI=1S/C23H22FN5O2S2/c24-18-6-4-16(5-7-18)8-10-28-15-26-12-21(28)19-3-1-2-17-9-11-29(14-20(17)19)33(30,31)22-13-27-23(25)32-22/h1-7,12-13,15H,8-11,14H2,(H2,25,27). The number of nitrogen functional groups attached to an aromatic ring is 1. The van der Waals surface area contributed by atoms with Crippen LogP contribution >= 0.6 is 11.3 Å². The molecule has 2 N–H and O–H groups in total. The summed E-state index contributed by atoms with van der Waals surface area (Å²) in [5.41, 5.74) is 10.7. The van der Waals surface area contributed by atoms with Crippen molar-refractivity contribution in [1.29, 1.82) is 0 Å². The number of halogens is 1. The van der Waals surface area contributed by atoms with E-state index in [0.29, 0.717) is 19.5 Å². The number of aromatic nitrogens is 3. The molecular formula is C23H22FN5O2S2. The predicted molar refractivity (Wildman–Crippen MR) is 126 cm³/mol. The minimum atomic E-state index is -3.67. The third-order valence-corrected chi connectivity index (χ3v) is 8.99. The van der Waals surface area contributed by atoms with Gasteiger partial charge in [0.1, 0.15) is 5.82 Å². The second-order valence-electron chi connectivity index (χ2n) is 7.90. The third kappa shape index (κ3) is 4.29. The predicted octanol–water partition coefficient (Wildman–Crippen LogP) is 3.72. The number of hydrogen-bond acceptors (Lipinski definition) is 6. The van der Waals surface area contributed by atoms with Crippen molar-refractivity contribution in [2.75, 3.05) is 12.3 Å². The Kier molecular flexibility index (Phi) is 5.73. The van der Waals surface area contributed by atoms with Gasteiger partial charge in [0.2, 0.25) is 0 Å². The molecule has 0 fully saturated rings. The first-order valence-corrected chi connectivity index (χ1v) is 12.7. The number of hydrogen-bond donors (Lipinski definition) is 1. The van der Waals surface area contributed by atoms with E-state index in [1.54, 1.807) is 24.7 Å². The van der Waals surface area contributed by atoms with Crippen molar-refractivity contribution in [3.63, 3.8) is 0 Å². The van der Waals surface area contributed by atoms with Crippen LogP contribution < -0.4 is 5.73 Å². The number of fused-ring (bicyclic) bond motifs is 1. The lowest BCUT2D eigenvalue weighted by Crippen LogP contribution is -2.36. The van der Waals surface area contributed by atoms with Crippen LogP contribution in [0.5, 0.6) is 0 Å². The van der Waals surface area contributed by atoms with Crippen LogP contribution in [0.4, 0.5) is 9.52 Å². The van der Waals surface area contributed by atoms with Gasteiger partial charge in [-0.2, -0.15) is 4.31 Å². The van der Waals surface area contributed by atoms with Gasteiger partial charge in [-0.1, -0.05) is 41.7 Å². The van der Waals surface area contributed by atoms with Crippen LogP contribution in [0.3, 0.4) is 0 Å². The highest BCUT2D eigenvalue weighted by atomic mass is 32.2. The normalized spacial score (nSPS) is 14.3. The van der Waals surface area contributed by atoms with Crippen molar-refractivity contribution in [3.05, 3.63) is 83.7 Å². The molecule has 0 amide bonds. The van der Waals surface area contributed by atoms with Crippen molar-refractivity contribution < 1.29 is 12.8 Å². The minimum Gasteiger partial charge on any atom is -0.375 e. The number of benzene rings is 2. The molecule has 0 atom stereocenters. The highest BCUT2D eigenvalue weighted by molar-refractivity contribution is 7.91. The molecule has 7 nitrogen and oxygen atoms in total. The largest absolute Gasteiger partial charge is 0.375 e. The zero-order valence-electron chi connectivity index (χ0n) is 17.7. The van der Waals surface area contributed by atoms with Gasteiger partial charge in [-0.15, -0.1) is 0 Å². The van der Waals surface area contributed by atoms with E-state index in [0.717, 1.165) is 45.7 Å². The second-order valence-corrected chi connectivity index (χ2v) is 11.1. The van der Waals surface area contributed by atoms with Gasteiger partial charge < -0.3 is 10.3 Å². The molecule has 1 aliphatic rings. The summed E-state index contributed by atoms with van der Waals surface area (Å²) >= 11 is 0.979. The van der Waals surface area contributed by atoms with Gasteiger partial charge in [0, 0.05) is 25.2 Å². The lowest BCUT2D eigenvalue weighted by atomic mass is 9.94. The zero-order valence-corrected chi connectivity index (χ0v) is 19.3. The van der Waals surface area contributed by atoms with Crippen LogP contribution in [0, 0.1) is 5.82 Å². The number of thiazole rings is 1. The van der Waals surface area contributed by atoms with Crippen LogP contribution in [-0.4, -0.2) is 33.8 Å². The van der Waals surface area contributed by atoms with Gasteiger partial charge >= 0.3 is 0 Å². The van der Waals surface area contributed by atoms with Crippen LogP contribution in [0.2, 0.25) is 0 Å². The van der Waals surface area contributed by atoms with Crippen LogP contribution in [0.25, 0.3) is 11.3 Å². The van der Waals surface area contributed by atoms with Crippen molar-refractivity contribution in [1.82, 2.24) is 18.8 Å². The fourth-order valence-corrected chi connectivity index (χ4v) is 6.63. The summed E-state index contributed by atoms with van der Waals surface area (Å²) in [6.07, 6.45) is 6.25. The summed E-state index contributed by atoms with van der Waals surface area (Å²) < 4.78 is 43.2. The maximum atomic E-state index is 13.2. The van der Waals surface area contributed by atoms with Crippen molar-refractivity contribution in [3.8, 4) is 11.3 Å². The van der Waals surface area contributed by atoms with Crippen molar-refractivity contribution in [2.45, 2.75) is 30.1 Å². The Morgan fingerprint density at radius 2 is 1.94 bits per heavy atom. The maximum Gasteiger partial charge on any atom is 0.254 e. The molecule has 10 heteroatoms. The van der Waals surface area contributed by atoms with Gasteiger partial charge in [0.05, 0.1) is 24.4 Å². The van der Waals surface area contributed by atoms with Gasteiger partial charge in [0.15, 0.2) is 9.34 Å². The fourth-order valence-electron chi connectivity index (χ4n) is 4.14. The van der Waals surface area contributed by atoms with E-state index in [4.69, 9.17) is 5.73 Å². The number of anilines is 1. The Balaban J connectivity index is 1.43. The lowest BCUT2D eigenvalue weighted by molar-refractivity contribution is 0.393. The number of nitrogens with two attached hydrogens (primary N) is 1. The van der Waals surface area contributed by atoms with Gasteiger partial charge in [-0.25, -0.2) is 22.8 Å². The molecule has 3 heterocycles. The number of nitrogens with zero attached hydrogens (tertiary/aromatic N) is 4. The summed E-state index contributed by atoms with van der Waals surface area (Å²) in [6.45, 7) is 1.35. The van der Waals surface area contributed by atoms with E-state index < -0.39 is 10.0 Å². The number of rotatable bonds is 6. The first-order valence-electron chi connectivity index (χ1n) is 10.5. The lowest BCUT2D eigenvalue weighted by Gasteiger charge is -2.29. The number of aryl methyl sites for hydroxylation is 2. The number of imidazole rings is 1. The fraction of sp³-hybridized carbons (Fsp3) is 0.217. The molecule has 5 rings (SSSR count). The molecule has 0 spiro atoms. The van der Waals surface area contributed by atoms with E-state index in [-0.39, 0.29) is 21.7 Å². The van der Waals surface area contributed by atoms with Crippen LogP contribution in [-0.2, 0) is 36.0 Å². The molecule has 0 bridgehead atoms. The smallest absolute Gasteiger partial charge is 0.254 e. The minimum absolute atomic E-state index is 0.158. The van der Waals surface area contributed by atoms with Gasteiger partial charge in [-0.05, 0) is 41.7 Å². The Bertz CT molecular complexity index is 1400. The third-order valence-electron chi connectivity index (χ3n) is 5.88. The topological polar surface area (TPSA) is 94.1 Å². The maximum absolute atomic E-state index is 13.2. The summed E-state index contributed by atoms with van der Waals surface area (Å²) in [7, 11) is -3.67.